The summed E-state index contributed by atoms with van der Waals surface area (Å²) in [6.45, 7) is 0. The number of hydrogen-bond donors (Lipinski definition) is 2. The number of phenolic OH excluding ortho intramolecular Hbond substituents is 1. The zero-order valence-electron chi connectivity index (χ0n) is 14.9. The van der Waals surface area contributed by atoms with Gasteiger partial charge in [-0.25, -0.2) is 0 Å². The number of phenols is 1. The highest BCUT2D eigenvalue weighted by atomic mass is 16.3. The van der Waals surface area contributed by atoms with Crippen LogP contribution in [0.5, 0.6) is 5.75 Å². The van der Waals surface area contributed by atoms with Crippen LogP contribution >= 0.6 is 0 Å². The van der Waals surface area contributed by atoms with Gasteiger partial charge in [-0.1, -0.05) is 36.4 Å². The number of nitrogens with one attached hydrogen (secondary N) is 1. The minimum Gasteiger partial charge on any atom is -0.507 e. The van der Waals surface area contributed by atoms with Gasteiger partial charge in [-0.3, -0.25) is 4.79 Å². The highest BCUT2D eigenvalue weighted by Crippen LogP contribution is 2.55. The lowest BCUT2D eigenvalue weighted by molar-refractivity contribution is -0.0167. The molecule has 2 N–H and O–H groups in total. The van der Waals surface area contributed by atoms with Crippen molar-refractivity contribution in [3.8, 4) is 16.9 Å². The molecule has 6 rings (SSSR count). The summed E-state index contributed by atoms with van der Waals surface area (Å²) in [4.78, 5) is 12.9. The number of carbonyl (C=O) groups excluding carboxylic acids is 1. The Bertz CT molecular complexity index is 807. The minimum atomic E-state index is -0.121. The fourth-order valence-electron chi connectivity index (χ4n) is 6.11. The summed E-state index contributed by atoms with van der Waals surface area (Å²) in [5.74, 6) is 2.31. The first kappa shape index (κ1) is 15.9. The Balaban J connectivity index is 1.38. The number of carbonyl (C=O) groups is 1. The van der Waals surface area contributed by atoms with Gasteiger partial charge in [0.2, 0.25) is 0 Å². The van der Waals surface area contributed by atoms with Crippen molar-refractivity contribution in [1.29, 1.82) is 0 Å². The van der Waals surface area contributed by atoms with E-state index in [2.05, 4.69) is 5.32 Å². The highest BCUT2D eigenvalue weighted by Gasteiger charge is 2.51. The third-order valence-corrected chi connectivity index (χ3v) is 6.77. The molecular weight excluding hydrogens is 322 g/mol. The van der Waals surface area contributed by atoms with Gasteiger partial charge in [0, 0.05) is 5.54 Å². The van der Waals surface area contributed by atoms with Gasteiger partial charge in [0.1, 0.15) is 5.75 Å². The van der Waals surface area contributed by atoms with Crippen molar-refractivity contribution in [2.24, 2.45) is 17.8 Å². The van der Waals surface area contributed by atoms with E-state index in [4.69, 9.17) is 0 Å². The maximum Gasteiger partial charge on any atom is 0.255 e. The fraction of sp³-hybridized carbons (Fsp3) is 0.435. The van der Waals surface area contributed by atoms with Crippen LogP contribution in [-0.2, 0) is 0 Å². The molecule has 0 atom stereocenters. The van der Waals surface area contributed by atoms with Crippen molar-refractivity contribution in [2.45, 2.75) is 44.1 Å². The standard InChI is InChI=1S/C23H25NO2/c25-21-11-19(18-4-2-1-3-5-18)6-7-20(21)22(26)24-23-12-15-8-16(13-23)10-17(9-15)14-23/h1-7,11,15-17,25H,8-10,12-14H2,(H,24,26). The second-order valence-electron chi connectivity index (χ2n) is 8.75. The van der Waals surface area contributed by atoms with Crippen LogP contribution in [0.4, 0.5) is 0 Å². The molecule has 4 fully saturated rings. The average molecular weight is 347 g/mol. The van der Waals surface area contributed by atoms with E-state index in [1.54, 1.807) is 12.1 Å². The summed E-state index contributed by atoms with van der Waals surface area (Å²) in [5.41, 5.74) is 2.32. The molecule has 0 saturated heterocycles. The van der Waals surface area contributed by atoms with Crippen LogP contribution in [0.25, 0.3) is 11.1 Å². The van der Waals surface area contributed by atoms with Crippen LogP contribution in [0.2, 0.25) is 0 Å². The molecule has 4 bridgehead atoms. The van der Waals surface area contributed by atoms with Crippen molar-refractivity contribution in [1.82, 2.24) is 5.32 Å². The number of benzene rings is 2. The topological polar surface area (TPSA) is 49.3 Å². The van der Waals surface area contributed by atoms with E-state index in [0.717, 1.165) is 48.1 Å². The Labute approximate surface area is 154 Å². The van der Waals surface area contributed by atoms with Crippen LogP contribution < -0.4 is 5.32 Å². The molecule has 2 aromatic rings. The second kappa shape index (κ2) is 5.87. The summed E-state index contributed by atoms with van der Waals surface area (Å²) in [6, 6.07) is 15.3. The first-order valence-electron chi connectivity index (χ1n) is 9.81. The second-order valence-corrected chi connectivity index (χ2v) is 8.75. The molecule has 0 aromatic heterocycles. The zero-order valence-corrected chi connectivity index (χ0v) is 14.9. The first-order valence-corrected chi connectivity index (χ1v) is 9.81. The van der Waals surface area contributed by atoms with Crippen LogP contribution in [0, 0.1) is 17.8 Å². The van der Waals surface area contributed by atoms with Gasteiger partial charge in [-0.15, -0.1) is 0 Å². The smallest absolute Gasteiger partial charge is 0.255 e. The molecule has 4 aliphatic rings. The van der Waals surface area contributed by atoms with E-state index in [1.165, 1.54) is 19.3 Å². The predicted molar refractivity (Wildman–Crippen MR) is 102 cm³/mol. The largest absolute Gasteiger partial charge is 0.507 e. The monoisotopic (exact) mass is 347 g/mol. The Hall–Kier alpha value is -2.29. The molecule has 0 spiro atoms. The van der Waals surface area contributed by atoms with Gasteiger partial charge in [-0.2, -0.15) is 0 Å². The van der Waals surface area contributed by atoms with Gasteiger partial charge in [-0.05, 0) is 79.5 Å². The number of hydrogen-bond acceptors (Lipinski definition) is 2. The molecule has 1 amide bonds. The molecule has 0 heterocycles. The molecule has 0 radical (unpaired) electrons. The number of rotatable bonds is 3. The van der Waals surface area contributed by atoms with Crippen LogP contribution in [0.1, 0.15) is 48.9 Å². The van der Waals surface area contributed by atoms with Crippen molar-refractivity contribution in [3.05, 3.63) is 54.1 Å². The van der Waals surface area contributed by atoms with Crippen molar-refractivity contribution >= 4 is 5.91 Å². The van der Waals surface area contributed by atoms with Crippen molar-refractivity contribution in [2.75, 3.05) is 0 Å². The molecule has 3 nitrogen and oxygen atoms in total. The van der Waals surface area contributed by atoms with Gasteiger partial charge in [0.05, 0.1) is 5.56 Å². The van der Waals surface area contributed by atoms with Crippen molar-refractivity contribution < 1.29 is 9.90 Å². The predicted octanol–water partition coefficient (Wildman–Crippen LogP) is 4.76. The van der Waals surface area contributed by atoms with E-state index in [1.807, 2.05) is 36.4 Å². The molecule has 134 valence electrons. The van der Waals surface area contributed by atoms with Crippen molar-refractivity contribution in [3.63, 3.8) is 0 Å². The summed E-state index contributed by atoms with van der Waals surface area (Å²) in [6.07, 6.45) is 7.42. The van der Waals surface area contributed by atoms with Gasteiger partial charge in [0.15, 0.2) is 0 Å². The summed E-state index contributed by atoms with van der Waals surface area (Å²) >= 11 is 0. The summed E-state index contributed by atoms with van der Waals surface area (Å²) in [5, 5.41) is 13.8. The molecule has 4 saturated carbocycles. The first-order chi connectivity index (χ1) is 12.6. The fourth-order valence-corrected chi connectivity index (χ4v) is 6.11. The van der Waals surface area contributed by atoms with E-state index in [9.17, 15) is 9.90 Å². The normalized spacial score (nSPS) is 31.8. The molecule has 2 aromatic carbocycles. The Morgan fingerprint density at radius 3 is 2.08 bits per heavy atom. The SMILES string of the molecule is O=C(NC12CC3CC(CC(C3)C1)C2)c1ccc(-c2ccccc2)cc1O. The highest BCUT2D eigenvalue weighted by molar-refractivity contribution is 5.98. The van der Waals surface area contributed by atoms with Gasteiger partial charge < -0.3 is 10.4 Å². The van der Waals surface area contributed by atoms with E-state index in [-0.39, 0.29) is 17.2 Å². The maximum absolute atomic E-state index is 12.9. The van der Waals surface area contributed by atoms with E-state index in [0.29, 0.717) is 5.56 Å². The van der Waals surface area contributed by atoms with Gasteiger partial charge >= 0.3 is 0 Å². The molecule has 0 unspecified atom stereocenters. The molecular formula is C23H25NO2. The molecule has 3 heteroatoms. The zero-order chi connectivity index (χ0) is 17.7. The molecule has 0 aliphatic heterocycles. The Morgan fingerprint density at radius 1 is 0.885 bits per heavy atom. The lowest BCUT2D eigenvalue weighted by Crippen LogP contribution is -2.59. The lowest BCUT2D eigenvalue weighted by Gasteiger charge is -2.56. The lowest BCUT2D eigenvalue weighted by atomic mass is 9.53. The van der Waals surface area contributed by atoms with Crippen LogP contribution in [0.3, 0.4) is 0 Å². The third kappa shape index (κ3) is 2.70. The third-order valence-electron chi connectivity index (χ3n) is 6.77. The Morgan fingerprint density at radius 2 is 1.50 bits per heavy atom. The number of aromatic hydroxyl groups is 1. The molecule has 26 heavy (non-hydrogen) atoms. The summed E-state index contributed by atoms with van der Waals surface area (Å²) < 4.78 is 0. The van der Waals surface area contributed by atoms with Crippen LogP contribution in [-0.4, -0.2) is 16.6 Å². The summed E-state index contributed by atoms with van der Waals surface area (Å²) in [7, 11) is 0. The maximum atomic E-state index is 12.9. The quantitative estimate of drug-likeness (QED) is 0.841. The molecule has 4 aliphatic carbocycles. The minimum absolute atomic E-state index is 0.0314. The van der Waals surface area contributed by atoms with Gasteiger partial charge in [0.25, 0.3) is 5.91 Å². The van der Waals surface area contributed by atoms with E-state index >= 15 is 0 Å². The van der Waals surface area contributed by atoms with Crippen LogP contribution in [0.15, 0.2) is 48.5 Å². The van der Waals surface area contributed by atoms with E-state index < -0.39 is 0 Å². The Kier molecular flexibility index (Phi) is 3.59. The number of amides is 1. The average Bonchev–Trinajstić information content (AvgIpc) is 2.60.